The van der Waals surface area contributed by atoms with Gasteiger partial charge in [-0.2, -0.15) is 0 Å². The van der Waals surface area contributed by atoms with Crippen molar-refractivity contribution in [1.29, 1.82) is 0 Å². The number of benzene rings is 3. The Kier molecular flexibility index (Phi) is 6.23. The lowest BCUT2D eigenvalue weighted by Gasteiger charge is -2.20. The summed E-state index contributed by atoms with van der Waals surface area (Å²) in [7, 11) is -3.72. The predicted molar refractivity (Wildman–Crippen MR) is 123 cm³/mol. The highest BCUT2D eigenvalue weighted by molar-refractivity contribution is 7.92. The van der Waals surface area contributed by atoms with Crippen molar-refractivity contribution in [2.24, 2.45) is 0 Å². The first-order chi connectivity index (χ1) is 15.1. The third-order valence-electron chi connectivity index (χ3n) is 5.27. The minimum absolute atomic E-state index is 0.127. The zero-order valence-electron chi connectivity index (χ0n) is 17.1. The molecule has 0 bridgehead atoms. The summed E-state index contributed by atoms with van der Waals surface area (Å²) in [6.07, 6.45) is 1.44. The van der Waals surface area contributed by atoms with Crippen LogP contribution in [0.2, 0.25) is 0 Å². The Morgan fingerprint density at radius 2 is 1.68 bits per heavy atom. The second kappa shape index (κ2) is 9.22. The minimum atomic E-state index is -3.72. The SMILES string of the molecule is O=C(NCCCNc1ccccc1)c1cccc(S(=O)(=O)N2CCc3ccccc32)c1. The molecule has 0 spiro atoms. The van der Waals surface area contributed by atoms with E-state index in [0.29, 0.717) is 30.8 Å². The number of hydrogen-bond acceptors (Lipinski definition) is 4. The fraction of sp³-hybridized carbons (Fsp3) is 0.208. The maximum Gasteiger partial charge on any atom is 0.264 e. The third kappa shape index (κ3) is 4.72. The summed E-state index contributed by atoms with van der Waals surface area (Å²) < 4.78 is 27.8. The van der Waals surface area contributed by atoms with Gasteiger partial charge in [0.1, 0.15) is 0 Å². The molecule has 0 fully saturated rings. The number of sulfonamides is 1. The molecule has 1 amide bonds. The Labute approximate surface area is 183 Å². The van der Waals surface area contributed by atoms with E-state index in [9.17, 15) is 13.2 Å². The van der Waals surface area contributed by atoms with E-state index in [1.165, 1.54) is 16.4 Å². The lowest BCUT2D eigenvalue weighted by Crippen LogP contribution is -2.30. The molecule has 2 N–H and O–H groups in total. The van der Waals surface area contributed by atoms with E-state index in [1.807, 2.05) is 54.6 Å². The average molecular weight is 436 g/mol. The van der Waals surface area contributed by atoms with Crippen LogP contribution < -0.4 is 14.9 Å². The molecule has 1 aliphatic heterocycles. The molecule has 160 valence electrons. The second-order valence-corrected chi connectivity index (χ2v) is 9.25. The number of carbonyl (C=O) groups is 1. The molecule has 6 nitrogen and oxygen atoms in total. The maximum absolute atomic E-state index is 13.2. The zero-order valence-corrected chi connectivity index (χ0v) is 17.9. The molecule has 3 aromatic rings. The summed E-state index contributed by atoms with van der Waals surface area (Å²) >= 11 is 0. The van der Waals surface area contributed by atoms with Crippen LogP contribution in [0.15, 0.2) is 83.8 Å². The van der Waals surface area contributed by atoms with E-state index in [2.05, 4.69) is 10.6 Å². The van der Waals surface area contributed by atoms with Crippen LogP contribution in [0.1, 0.15) is 22.3 Å². The fourth-order valence-electron chi connectivity index (χ4n) is 3.66. The molecule has 4 rings (SSSR count). The van der Waals surface area contributed by atoms with Gasteiger partial charge in [0.2, 0.25) is 0 Å². The van der Waals surface area contributed by atoms with Crippen molar-refractivity contribution in [3.63, 3.8) is 0 Å². The normalized spacial score (nSPS) is 13.0. The number of para-hydroxylation sites is 2. The highest BCUT2D eigenvalue weighted by Gasteiger charge is 2.30. The van der Waals surface area contributed by atoms with E-state index in [-0.39, 0.29) is 10.8 Å². The predicted octanol–water partition coefficient (Wildman–Crippen LogP) is 3.67. The molecule has 31 heavy (non-hydrogen) atoms. The number of anilines is 2. The number of hydrogen-bond donors (Lipinski definition) is 2. The van der Waals surface area contributed by atoms with Crippen LogP contribution in [-0.4, -0.2) is 34.0 Å². The zero-order chi connectivity index (χ0) is 21.7. The van der Waals surface area contributed by atoms with E-state index in [1.54, 1.807) is 12.1 Å². The standard InChI is InChI=1S/C24H25N3O3S/c28-24(26-16-7-15-25-21-10-2-1-3-11-21)20-9-6-12-22(18-20)31(29,30)27-17-14-19-8-4-5-13-23(19)27/h1-6,8-13,18,25H,7,14-17H2,(H,26,28). The van der Waals surface area contributed by atoms with Gasteiger partial charge in [-0.25, -0.2) is 8.42 Å². The molecule has 1 heterocycles. The molecule has 3 aromatic carbocycles. The van der Waals surface area contributed by atoms with Crippen molar-refractivity contribution in [3.8, 4) is 0 Å². The van der Waals surface area contributed by atoms with E-state index in [0.717, 1.165) is 24.2 Å². The largest absolute Gasteiger partial charge is 0.385 e. The molecule has 0 aliphatic carbocycles. The van der Waals surface area contributed by atoms with Crippen molar-refractivity contribution in [2.75, 3.05) is 29.3 Å². The van der Waals surface area contributed by atoms with Gasteiger partial charge >= 0.3 is 0 Å². The maximum atomic E-state index is 13.2. The number of amides is 1. The van der Waals surface area contributed by atoms with E-state index in [4.69, 9.17) is 0 Å². The van der Waals surface area contributed by atoms with Gasteiger partial charge in [0.05, 0.1) is 10.6 Å². The molecular formula is C24H25N3O3S. The van der Waals surface area contributed by atoms with Crippen LogP contribution in [0.25, 0.3) is 0 Å². The molecule has 0 radical (unpaired) electrons. The number of fused-ring (bicyclic) bond motifs is 1. The van der Waals surface area contributed by atoms with Gasteiger partial charge in [-0.3, -0.25) is 9.10 Å². The Hall–Kier alpha value is -3.32. The van der Waals surface area contributed by atoms with Gasteiger partial charge < -0.3 is 10.6 Å². The summed E-state index contributed by atoms with van der Waals surface area (Å²) in [5.74, 6) is -0.279. The minimum Gasteiger partial charge on any atom is -0.385 e. The van der Waals surface area contributed by atoms with Gasteiger partial charge in [0.15, 0.2) is 0 Å². The van der Waals surface area contributed by atoms with Crippen LogP contribution in [0.5, 0.6) is 0 Å². The lowest BCUT2D eigenvalue weighted by atomic mass is 10.2. The smallest absolute Gasteiger partial charge is 0.264 e. The molecule has 0 atom stereocenters. The van der Waals surface area contributed by atoms with Crippen molar-refractivity contribution >= 4 is 27.3 Å². The number of carbonyl (C=O) groups excluding carboxylic acids is 1. The first kappa shape index (κ1) is 20.9. The van der Waals surface area contributed by atoms with Crippen LogP contribution in [0.4, 0.5) is 11.4 Å². The Morgan fingerprint density at radius 1 is 0.903 bits per heavy atom. The second-order valence-electron chi connectivity index (χ2n) is 7.39. The van der Waals surface area contributed by atoms with Crippen LogP contribution >= 0.6 is 0 Å². The highest BCUT2D eigenvalue weighted by atomic mass is 32.2. The van der Waals surface area contributed by atoms with E-state index >= 15 is 0 Å². The van der Waals surface area contributed by atoms with Crippen LogP contribution in [-0.2, 0) is 16.4 Å². The molecule has 0 saturated heterocycles. The molecule has 0 unspecified atom stereocenters. The van der Waals surface area contributed by atoms with Crippen molar-refractivity contribution < 1.29 is 13.2 Å². The average Bonchev–Trinajstić information content (AvgIpc) is 3.24. The van der Waals surface area contributed by atoms with Crippen molar-refractivity contribution in [2.45, 2.75) is 17.7 Å². The Morgan fingerprint density at radius 3 is 2.52 bits per heavy atom. The fourth-order valence-corrected chi connectivity index (χ4v) is 5.21. The highest BCUT2D eigenvalue weighted by Crippen LogP contribution is 2.32. The van der Waals surface area contributed by atoms with Gasteiger partial charge in [-0.1, -0.05) is 42.5 Å². The molecular weight excluding hydrogens is 410 g/mol. The number of rotatable bonds is 8. The quantitative estimate of drug-likeness (QED) is 0.529. The summed E-state index contributed by atoms with van der Waals surface area (Å²) in [5, 5.41) is 6.15. The Bertz CT molecular complexity index is 1160. The molecule has 7 heteroatoms. The molecule has 1 aliphatic rings. The van der Waals surface area contributed by atoms with Gasteiger partial charge in [0.25, 0.3) is 15.9 Å². The summed E-state index contributed by atoms with van der Waals surface area (Å²) in [4.78, 5) is 12.7. The number of nitrogens with zero attached hydrogens (tertiary/aromatic N) is 1. The third-order valence-corrected chi connectivity index (χ3v) is 7.08. The van der Waals surface area contributed by atoms with Gasteiger partial charge in [-0.15, -0.1) is 0 Å². The summed E-state index contributed by atoms with van der Waals surface area (Å²) in [6, 6.07) is 23.6. The first-order valence-electron chi connectivity index (χ1n) is 10.3. The monoisotopic (exact) mass is 435 g/mol. The Balaban J connectivity index is 1.37. The van der Waals surface area contributed by atoms with Crippen molar-refractivity contribution in [3.05, 3.63) is 90.0 Å². The molecule has 0 aromatic heterocycles. The van der Waals surface area contributed by atoms with Crippen LogP contribution in [0, 0.1) is 0 Å². The molecule has 0 saturated carbocycles. The summed E-state index contributed by atoms with van der Waals surface area (Å²) in [6.45, 7) is 1.63. The van der Waals surface area contributed by atoms with Gasteiger partial charge in [-0.05, 0) is 54.8 Å². The summed E-state index contributed by atoms with van der Waals surface area (Å²) in [5.41, 5.74) is 3.10. The lowest BCUT2D eigenvalue weighted by molar-refractivity contribution is 0.0953. The van der Waals surface area contributed by atoms with E-state index < -0.39 is 10.0 Å². The van der Waals surface area contributed by atoms with Gasteiger partial charge in [0, 0.05) is 30.9 Å². The first-order valence-corrected chi connectivity index (χ1v) is 11.8. The van der Waals surface area contributed by atoms with Crippen molar-refractivity contribution in [1.82, 2.24) is 5.32 Å². The van der Waals surface area contributed by atoms with Crippen LogP contribution in [0.3, 0.4) is 0 Å². The number of nitrogens with one attached hydrogen (secondary N) is 2. The topological polar surface area (TPSA) is 78.5 Å².